The van der Waals surface area contributed by atoms with E-state index in [9.17, 15) is 0 Å². The second-order valence-corrected chi connectivity index (χ2v) is 6.17. The van der Waals surface area contributed by atoms with Crippen molar-refractivity contribution < 1.29 is 0 Å². The zero-order valence-corrected chi connectivity index (χ0v) is 13.6. The first-order chi connectivity index (χ1) is 11.2. The summed E-state index contributed by atoms with van der Waals surface area (Å²) in [6.07, 6.45) is 3.00. The van der Waals surface area contributed by atoms with Crippen molar-refractivity contribution in [3.63, 3.8) is 0 Å². The summed E-state index contributed by atoms with van der Waals surface area (Å²) in [5.41, 5.74) is 3.36. The lowest BCUT2D eigenvalue weighted by Crippen LogP contribution is -2.32. The lowest BCUT2D eigenvalue weighted by Gasteiger charge is -2.25. The molecule has 1 aliphatic rings. The number of hydrogen-bond donors (Lipinski definition) is 1. The van der Waals surface area contributed by atoms with E-state index in [2.05, 4.69) is 46.6 Å². The van der Waals surface area contributed by atoms with Crippen molar-refractivity contribution in [3.05, 3.63) is 47.7 Å². The molecule has 5 nitrogen and oxygen atoms in total. The highest BCUT2D eigenvalue weighted by atomic mass is 15.4. The van der Waals surface area contributed by atoms with Gasteiger partial charge in [0.2, 0.25) is 0 Å². The Morgan fingerprint density at radius 3 is 3.00 bits per heavy atom. The Balaban J connectivity index is 1.65. The van der Waals surface area contributed by atoms with Gasteiger partial charge in [0.05, 0.1) is 12.1 Å². The van der Waals surface area contributed by atoms with Gasteiger partial charge in [0.25, 0.3) is 0 Å². The molecule has 0 bridgehead atoms. The van der Waals surface area contributed by atoms with Gasteiger partial charge in [-0.05, 0) is 31.9 Å². The molecule has 0 fully saturated rings. The molecule has 1 N–H and O–H groups in total. The van der Waals surface area contributed by atoms with Gasteiger partial charge in [0, 0.05) is 29.2 Å². The summed E-state index contributed by atoms with van der Waals surface area (Å²) < 4.78 is 2.04. The number of hydrogen-bond acceptors (Lipinski definition) is 4. The highest BCUT2D eigenvalue weighted by Crippen LogP contribution is 2.26. The standard InChI is InChI=1S/C18H21N5/c1-3-13-10-17(15-6-4-5-7-16(15)20-13)21-14-8-9-18-19-12(2)22-23(18)11-14/h4-7,10,14H,3,8-9,11H2,1-2H3,(H,20,21). The Bertz CT molecular complexity index is 852. The van der Waals surface area contributed by atoms with Crippen molar-refractivity contribution in [3.8, 4) is 0 Å². The Kier molecular flexibility index (Phi) is 3.48. The number of benzene rings is 1. The number of anilines is 1. The van der Waals surface area contributed by atoms with Gasteiger partial charge >= 0.3 is 0 Å². The average molecular weight is 307 g/mol. The third-order valence-corrected chi connectivity index (χ3v) is 4.46. The van der Waals surface area contributed by atoms with Crippen molar-refractivity contribution in [2.75, 3.05) is 5.32 Å². The zero-order chi connectivity index (χ0) is 15.8. The largest absolute Gasteiger partial charge is 0.380 e. The van der Waals surface area contributed by atoms with Crippen molar-refractivity contribution >= 4 is 16.6 Å². The van der Waals surface area contributed by atoms with Crippen LogP contribution in [-0.4, -0.2) is 25.8 Å². The quantitative estimate of drug-likeness (QED) is 0.808. The maximum atomic E-state index is 4.72. The molecule has 0 amide bonds. The van der Waals surface area contributed by atoms with Gasteiger partial charge in [0.15, 0.2) is 0 Å². The van der Waals surface area contributed by atoms with E-state index in [0.29, 0.717) is 6.04 Å². The molecule has 1 atom stereocenters. The van der Waals surface area contributed by atoms with E-state index in [0.717, 1.165) is 48.7 Å². The number of fused-ring (bicyclic) bond motifs is 2. The van der Waals surface area contributed by atoms with Gasteiger partial charge in [-0.3, -0.25) is 4.98 Å². The first-order valence-corrected chi connectivity index (χ1v) is 8.28. The molecule has 5 heteroatoms. The number of aromatic nitrogens is 4. The average Bonchev–Trinajstić information content (AvgIpc) is 2.94. The molecule has 0 aliphatic carbocycles. The second-order valence-electron chi connectivity index (χ2n) is 6.17. The lowest BCUT2D eigenvalue weighted by molar-refractivity contribution is 0.441. The van der Waals surface area contributed by atoms with Crippen LogP contribution in [0, 0.1) is 6.92 Å². The fraction of sp³-hybridized carbons (Fsp3) is 0.389. The molecule has 1 aromatic carbocycles. The molecular formula is C18H21N5. The van der Waals surface area contributed by atoms with E-state index in [1.807, 2.05) is 17.7 Å². The van der Waals surface area contributed by atoms with Crippen LogP contribution in [0.3, 0.4) is 0 Å². The van der Waals surface area contributed by atoms with E-state index in [1.165, 1.54) is 11.1 Å². The molecule has 3 aromatic rings. The fourth-order valence-electron chi connectivity index (χ4n) is 3.30. The molecule has 4 rings (SSSR count). The Hall–Kier alpha value is -2.43. The predicted octanol–water partition coefficient (Wildman–Crippen LogP) is 3.12. The van der Waals surface area contributed by atoms with Crippen LogP contribution in [0.15, 0.2) is 30.3 Å². The Labute approximate surface area is 135 Å². The van der Waals surface area contributed by atoms with Crippen molar-refractivity contribution in [2.24, 2.45) is 0 Å². The molecule has 1 unspecified atom stereocenters. The fourth-order valence-corrected chi connectivity index (χ4v) is 3.30. The summed E-state index contributed by atoms with van der Waals surface area (Å²) in [6.45, 7) is 4.97. The molecule has 0 saturated heterocycles. The van der Waals surface area contributed by atoms with E-state index < -0.39 is 0 Å². The van der Waals surface area contributed by atoms with Crippen LogP contribution < -0.4 is 5.32 Å². The first kappa shape index (κ1) is 14.2. The van der Waals surface area contributed by atoms with Gasteiger partial charge in [0.1, 0.15) is 11.6 Å². The zero-order valence-electron chi connectivity index (χ0n) is 13.6. The summed E-state index contributed by atoms with van der Waals surface area (Å²) in [5.74, 6) is 1.97. The van der Waals surface area contributed by atoms with Crippen LogP contribution in [0.25, 0.3) is 10.9 Å². The van der Waals surface area contributed by atoms with Gasteiger partial charge < -0.3 is 5.32 Å². The first-order valence-electron chi connectivity index (χ1n) is 8.28. The number of nitrogens with zero attached hydrogens (tertiary/aromatic N) is 4. The van der Waals surface area contributed by atoms with Crippen LogP contribution in [0.4, 0.5) is 5.69 Å². The van der Waals surface area contributed by atoms with Gasteiger partial charge in [-0.1, -0.05) is 25.1 Å². The van der Waals surface area contributed by atoms with Crippen LogP contribution in [-0.2, 0) is 19.4 Å². The van der Waals surface area contributed by atoms with E-state index in [4.69, 9.17) is 4.98 Å². The number of nitrogens with one attached hydrogen (secondary N) is 1. The van der Waals surface area contributed by atoms with Crippen LogP contribution in [0.2, 0.25) is 0 Å². The predicted molar refractivity (Wildman–Crippen MR) is 91.6 cm³/mol. The molecule has 1 aliphatic heterocycles. The van der Waals surface area contributed by atoms with Crippen molar-refractivity contribution in [1.82, 2.24) is 19.7 Å². The molecule has 0 spiro atoms. The SMILES string of the molecule is CCc1cc(NC2CCc3nc(C)nn3C2)c2ccccc2n1. The second kappa shape index (κ2) is 5.65. The monoisotopic (exact) mass is 307 g/mol. The molecule has 3 heterocycles. The maximum Gasteiger partial charge on any atom is 0.147 e. The summed E-state index contributed by atoms with van der Waals surface area (Å²) in [7, 11) is 0. The number of para-hydroxylation sites is 1. The minimum Gasteiger partial charge on any atom is -0.380 e. The van der Waals surface area contributed by atoms with Gasteiger partial charge in [-0.2, -0.15) is 5.10 Å². The molecule has 0 saturated carbocycles. The Morgan fingerprint density at radius 1 is 1.26 bits per heavy atom. The highest BCUT2D eigenvalue weighted by Gasteiger charge is 2.21. The summed E-state index contributed by atoms with van der Waals surface area (Å²) in [6, 6.07) is 10.9. The Morgan fingerprint density at radius 2 is 2.13 bits per heavy atom. The van der Waals surface area contributed by atoms with E-state index >= 15 is 0 Å². The number of aryl methyl sites for hydroxylation is 3. The molecular weight excluding hydrogens is 286 g/mol. The van der Waals surface area contributed by atoms with Crippen molar-refractivity contribution in [2.45, 2.75) is 45.7 Å². The number of rotatable bonds is 3. The molecule has 0 radical (unpaired) electrons. The third-order valence-electron chi connectivity index (χ3n) is 4.46. The van der Waals surface area contributed by atoms with Crippen molar-refractivity contribution in [1.29, 1.82) is 0 Å². The molecule has 2 aromatic heterocycles. The normalized spacial score (nSPS) is 17.2. The van der Waals surface area contributed by atoms with Gasteiger partial charge in [-0.15, -0.1) is 0 Å². The van der Waals surface area contributed by atoms with E-state index in [-0.39, 0.29) is 0 Å². The van der Waals surface area contributed by atoms with Crippen LogP contribution >= 0.6 is 0 Å². The maximum absolute atomic E-state index is 4.72. The summed E-state index contributed by atoms with van der Waals surface area (Å²) >= 11 is 0. The smallest absolute Gasteiger partial charge is 0.147 e. The topological polar surface area (TPSA) is 55.6 Å². The van der Waals surface area contributed by atoms with Crippen LogP contribution in [0.1, 0.15) is 30.7 Å². The minimum atomic E-state index is 0.374. The van der Waals surface area contributed by atoms with Crippen LogP contribution in [0.5, 0.6) is 0 Å². The minimum absolute atomic E-state index is 0.374. The molecule has 118 valence electrons. The summed E-state index contributed by atoms with van der Waals surface area (Å²) in [5, 5.41) is 9.40. The summed E-state index contributed by atoms with van der Waals surface area (Å²) in [4.78, 5) is 9.20. The van der Waals surface area contributed by atoms with E-state index in [1.54, 1.807) is 0 Å². The third kappa shape index (κ3) is 2.67. The number of pyridine rings is 1. The molecule has 23 heavy (non-hydrogen) atoms. The van der Waals surface area contributed by atoms with Gasteiger partial charge in [-0.25, -0.2) is 9.67 Å². The highest BCUT2D eigenvalue weighted by molar-refractivity contribution is 5.91. The lowest BCUT2D eigenvalue weighted by atomic mass is 10.1.